The van der Waals surface area contributed by atoms with Crippen molar-refractivity contribution in [1.29, 1.82) is 0 Å². The average molecular weight is 257 g/mol. The molecule has 0 aliphatic heterocycles. The van der Waals surface area contributed by atoms with E-state index in [4.69, 9.17) is 4.74 Å². The van der Waals surface area contributed by atoms with Crippen LogP contribution in [0.15, 0.2) is 49.6 Å². The predicted octanol–water partition coefficient (Wildman–Crippen LogP) is 2.39. The monoisotopic (exact) mass is 257 g/mol. The van der Waals surface area contributed by atoms with Gasteiger partial charge in [-0.3, -0.25) is 4.57 Å². The number of aromatic nitrogens is 3. The number of carbonyl (C=O) groups excluding carboxylic acids is 1. The van der Waals surface area contributed by atoms with Crippen LogP contribution in [0.2, 0.25) is 0 Å². The molecule has 0 aliphatic carbocycles. The molecule has 1 aromatic carbocycles. The average Bonchev–Trinajstić information content (AvgIpc) is 2.99. The van der Waals surface area contributed by atoms with Crippen LogP contribution >= 0.6 is 0 Å². The van der Waals surface area contributed by atoms with Gasteiger partial charge in [-0.25, -0.2) is 4.79 Å². The normalized spacial score (nSPS) is 11.8. The maximum Gasteiger partial charge on any atom is 0.338 e. The number of ether oxygens (including phenoxy) is 1. The highest BCUT2D eigenvalue weighted by Gasteiger charge is 2.11. The fourth-order valence-electron chi connectivity index (χ4n) is 1.61. The Morgan fingerprint density at radius 3 is 2.53 bits per heavy atom. The molecule has 0 N–H and O–H groups in total. The number of hydrogen-bond donors (Lipinski definition) is 0. The number of nitrogens with zero attached hydrogens (tertiary/aromatic N) is 3. The lowest BCUT2D eigenvalue weighted by Gasteiger charge is -2.11. The molecule has 0 saturated heterocycles. The van der Waals surface area contributed by atoms with Gasteiger partial charge in [0, 0.05) is 5.69 Å². The summed E-state index contributed by atoms with van der Waals surface area (Å²) >= 11 is 0. The quantitative estimate of drug-likeness (QED) is 0.609. The number of esters is 1. The Bertz CT molecular complexity index is 547. The second-order valence-electron chi connectivity index (χ2n) is 4.00. The van der Waals surface area contributed by atoms with Crippen molar-refractivity contribution >= 4 is 5.97 Å². The van der Waals surface area contributed by atoms with Gasteiger partial charge in [0.05, 0.1) is 5.56 Å². The van der Waals surface area contributed by atoms with Gasteiger partial charge in [-0.2, -0.15) is 0 Å². The molecule has 0 fully saturated rings. The SMILES string of the molecule is C=C[C@H](CC)OC(=O)c1ccc(-n2cnnc2)cc1. The van der Waals surface area contributed by atoms with Crippen LogP contribution in [0.25, 0.3) is 5.69 Å². The van der Waals surface area contributed by atoms with Gasteiger partial charge in [-0.1, -0.05) is 19.6 Å². The van der Waals surface area contributed by atoms with Crippen molar-refractivity contribution < 1.29 is 9.53 Å². The van der Waals surface area contributed by atoms with Crippen molar-refractivity contribution in [1.82, 2.24) is 14.8 Å². The minimum absolute atomic E-state index is 0.245. The van der Waals surface area contributed by atoms with Gasteiger partial charge in [0.2, 0.25) is 0 Å². The van der Waals surface area contributed by atoms with E-state index in [1.807, 2.05) is 19.1 Å². The molecule has 2 aromatic rings. The molecule has 0 aliphatic rings. The van der Waals surface area contributed by atoms with Crippen LogP contribution in [0.5, 0.6) is 0 Å². The zero-order valence-corrected chi connectivity index (χ0v) is 10.7. The molecule has 0 unspecified atom stereocenters. The molecule has 5 heteroatoms. The molecule has 0 radical (unpaired) electrons. The van der Waals surface area contributed by atoms with Gasteiger partial charge in [0.15, 0.2) is 0 Å². The van der Waals surface area contributed by atoms with Gasteiger partial charge in [0.1, 0.15) is 18.8 Å². The molecule has 0 bridgehead atoms. The van der Waals surface area contributed by atoms with E-state index in [-0.39, 0.29) is 12.1 Å². The summed E-state index contributed by atoms with van der Waals surface area (Å²) in [6.07, 6.45) is 5.29. The molecular formula is C14H15N3O2. The van der Waals surface area contributed by atoms with Crippen LogP contribution in [0.3, 0.4) is 0 Å². The van der Waals surface area contributed by atoms with Gasteiger partial charge < -0.3 is 4.74 Å². The van der Waals surface area contributed by atoms with E-state index in [0.717, 1.165) is 5.69 Å². The number of carbonyl (C=O) groups is 1. The van der Waals surface area contributed by atoms with E-state index in [1.54, 1.807) is 35.4 Å². The molecular weight excluding hydrogens is 242 g/mol. The fourth-order valence-corrected chi connectivity index (χ4v) is 1.61. The van der Waals surface area contributed by atoms with Crippen LogP contribution in [-0.2, 0) is 4.74 Å². The third kappa shape index (κ3) is 3.07. The summed E-state index contributed by atoms with van der Waals surface area (Å²) in [7, 11) is 0. The van der Waals surface area contributed by atoms with Crippen molar-refractivity contribution in [3.63, 3.8) is 0 Å². The van der Waals surface area contributed by atoms with Crippen molar-refractivity contribution in [2.24, 2.45) is 0 Å². The molecule has 0 spiro atoms. The molecule has 1 atom stereocenters. The minimum atomic E-state index is -0.345. The molecule has 98 valence electrons. The van der Waals surface area contributed by atoms with Crippen LogP contribution < -0.4 is 0 Å². The third-order valence-electron chi connectivity index (χ3n) is 2.74. The van der Waals surface area contributed by atoms with Crippen LogP contribution in [0.1, 0.15) is 23.7 Å². The van der Waals surface area contributed by atoms with E-state index < -0.39 is 0 Å². The van der Waals surface area contributed by atoms with Crippen LogP contribution in [0.4, 0.5) is 0 Å². The summed E-state index contributed by atoms with van der Waals surface area (Å²) < 4.78 is 7.03. The van der Waals surface area contributed by atoms with Crippen molar-refractivity contribution in [3.05, 3.63) is 55.1 Å². The zero-order valence-electron chi connectivity index (χ0n) is 10.7. The number of benzene rings is 1. The highest BCUT2D eigenvalue weighted by molar-refractivity contribution is 5.89. The van der Waals surface area contributed by atoms with Gasteiger partial charge >= 0.3 is 5.97 Å². The van der Waals surface area contributed by atoms with Crippen molar-refractivity contribution in [3.8, 4) is 5.69 Å². The number of rotatable bonds is 5. The predicted molar refractivity (Wildman–Crippen MR) is 71.1 cm³/mol. The van der Waals surface area contributed by atoms with Crippen molar-refractivity contribution in [2.45, 2.75) is 19.4 Å². The summed E-state index contributed by atoms with van der Waals surface area (Å²) in [4.78, 5) is 11.9. The Morgan fingerprint density at radius 1 is 1.37 bits per heavy atom. The summed E-state index contributed by atoms with van der Waals surface area (Å²) in [5.74, 6) is -0.345. The molecule has 5 nitrogen and oxygen atoms in total. The second-order valence-corrected chi connectivity index (χ2v) is 4.00. The molecule has 19 heavy (non-hydrogen) atoms. The maximum absolute atomic E-state index is 11.9. The first-order valence-electron chi connectivity index (χ1n) is 6.03. The standard InChI is InChI=1S/C14H15N3O2/c1-3-13(4-2)19-14(18)11-5-7-12(8-6-11)17-9-15-16-10-17/h3,5-10,13H,1,4H2,2H3/t13-/m1/s1. The van der Waals surface area contributed by atoms with Gasteiger partial charge in [-0.05, 0) is 30.7 Å². The first-order valence-corrected chi connectivity index (χ1v) is 6.03. The summed E-state index contributed by atoms with van der Waals surface area (Å²) in [5, 5.41) is 7.46. The Balaban J connectivity index is 2.10. The Kier molecular flexibility index (Phi) is 4.07. The maximum atomic E-state index is 11.9. The van der Waals surface area contributed by atoms with Crippen LogP contribution in [-0.4, -0.2) is 26.8 Å². The summed E-state index contributed by atoms with van der Waals surface area (Å²) in [6, 6.07) is 7.06. The Labute approximate surface area is 111 Å². The smallest absolute Gasteiger partial charge is 0.338 e. The van der Waals surface area contributed by atoms with Crippen LogP contribution in [0, 0.1) is 0 Å². The molecule has 0 amide bonds. The molecule has 1 aromatic heterocycles. The van der Waals surface area contributed by atoms with Crippen molar-refractivity contribution in [2.75, 3.05) is 0 Å². The van der Waals surface area contributed by atoms with E-state index in [1.165, 1.54) is 0 Å². The molecule has 1 heterocycles. The van der Waals surface area contributed by atoms with E-state index in [0.29, 0.717) is 12.0 Å². The topological polar surface area (TPSA) is 57.0 Å². The lowest BCUT2D eigenvalue weighted by molar-refractivity contribution is 0.0389. The number of hydrogen-bond acceptors (Lipinski definition) is 4. The zero-order chi connectivity index (χ0) is 13.7. The lowest BCUT2D eigenvalue weighted by Crippen LogP contribution is -2.15. The highest BCUT2D eigenvalue weighted by Crippen LogP contribution is 2.11. The fraction of sp³-hybridized carbons (Fsp3) is 0.214. The van der Waals surface area contributed by atoms with E-state index in [2.05, 4.69) is 16.8 Å². The first-order chi connectivity index (χ1) is 9.24. The first kappa shape index (κ1) is 13.0. The lowest BCUT2D eigenvalue weighted by atomic mass is 10.2. The largest absolute Gasteiger partial charge is 0.455 e. The third-order valence-corrected chi connectivity index (χ3v) is 2.74. The second kappa shape index (κ2) is 5.95. The van der Waals surface area contributed by atoms with E-state index >= 15 is 0 Å². The Hall–Kier alpha value is -2.43. The molecule has 2 rings (SSSR count). The Morgan fingerprint density at radius 2 is 2.00 bits per heavy atom. The summed E-state index contributed by atoms with van der Waals surface area (Å²) in [5.41, 5.74) is 1.40. The summed E-state index contributed by atoms with van der Waals surface area (Å²) in [6.45, 7) is 5.57. The van der Waals surface area contributed by atoms with Gasteiger partial charge in [-0.15, -0.1) is 10.2 Å². The minimum Gasteiger partial charge on any atom is -0.455 e. The van der Waals surface area contributed by atoms with E-state index in [9.17, 15) is 4.79 Å². The highest BCUT2D eigenvalue weighted by atomic mass is 16.5. The van der Waals surface area contributed by atoms with Gasteiger partial charge in [0.25, 0.3) is 0 Å². The molecule has 0 saturated carbocycles.